The highest BCUT2D eigenvalue weighted by Crippen LogP contribution is 2.29. The van der Waals surface area contributed by atoms with Crippen LogP contribution in [0.5, 0.6) is 0 Å². The van der Waals surface area contributed by atoms with E-state index in [2.05, 4.69) is 22.2 Å². The van der Waals surface area contributed by atoms with Gasteiger partial charge in [-0.3, -0.25) is 5.43 Å². The molecule has 0 aromatic rings. The van der Waals surface area contributed by atoms with Gasteiger partial charge in [0.15, 0.2) is 0 Å². The van der Waals surface area contributed by atoms with Crippen molar-refractivity contribution in [3.8, 4) is 0 Å². The molecule has 80 valence electrons. The number of hydrogen-bond donors (Lipinski definition) is 2. The zero-order valence-electron chi connectivity index (χ0n) is 8.87. The quantitative estimate of drug-likeness (QED) is 0.303. The monoisotopic (exact) mass is 196 g/mol. The average Bonchev–Trinajstić information content (AvgIpc) is 3.02. The van der Waals surface area contributed by atoms with Crippen molar-refractivity contribution in [2.45, 2.75) is 51.1 Å². The Kier molecular flexibility index (Phi) is 2.91. The molecule has 0 aliphatic heterocycles. The summed E-state index contributed by atoms with van der Waals surface area (Å²) in [7, 11) is 0. The van der Waals surface area contributed by atoms with Gasteiger partial charge in [0.25, 0.3) is 0 Å². The van der Waals surface area contributed by atoms with Crippen LogP contribution in [0.25, 0.3) is 0 Å². The molecular formula is C10H20N4. The Morgan fingerprint density at radius 2 is 2.14 bits per heavy atom. The van der Waals surface area contributed by atoms with E-state index in [0.717, 1.165) is 18.9 Å². The molecule has 3 N–H and O–H groups in total. The van der Waals surface area contributed by atoms with Crippen molar-refractivity contribution in [2.24, 2.45) is 10.8 Å². The second-order valence-electron chi connectivity index (χ2n) is 4.25. The fraction of sp³-hybridized carbons (Fsp3) is 0.900. The fourth-order valence-electron chi connectivity index (χ4n) is 1.66. The Hall–Kier alpha value is -0.770. The minimum Gasteiger partial charge on any atom is -0.339 e. The van der Waals surface area contributed by atoms with Crippen LogP contribution in [0.4, 0.5) is 0 Å². The molecule has 0 saturated heterocycles. The number of nitrogens with zero attached hydrogens (tertiary/aromatic N) is 2. The molecule has 2 saturated carbocycles. The molecule has 0 radical (unpaired) electrons. The van der Waals surface area contributed by atoms with E-state index < -0.39 is 0 Å². The number of rotatable bonds is 4. The van der Waals surface area contributed by atoms with Gasteiger partial charge in [-0.25, -0.2) is 10.8 Å². The summed E-state index contributed by atoms with van der Waals surface area (Å²) >= 11 is 0. The highest BCUT2D eigenvalue weighted by atomic mass is 15.4. The Morgan fingerprint density at radius 1 is 1.43 bits per heavy atom. The first kappa shape index (κ1) is 9.77. The second-order valence-corrected chi connectivity index (χ2v) is 4.25. The highest BCUT2D eigenvalue weighted by Gasteiger charge is 2.32. The number of guanidine groups is 1. The van der Waals surface area contributed by atoms with Crippen LogP contribution >= 0.6 is 0 Å². The van der Waals surface area contributed by atoms with E-state index >= 15 is 0 Å². The molecule has 14 heavy (non-hydrogen) atoms. The molecule has 2 aliphatic carbocycles. The maximum Gasteiger partial charge on any atom is 0.208 e. The predicted molar refractivity (Wildman–Crippen MR) is 57.8 cm³/mol. The minimum absolute atomic E-state index is 0.541. The SMILES string of the molecule is CCCN(C(=NC1CC1)NN)C1CC1. The molecule has 2 rings (SSSR count). The zero-order valence-corrected chi connectivity index (χ0v) is 8.87. The van der Waals surface area contributed by atoms with Crippen molar-refractivity contribution in [3.05, 3.63) is 0 Å². The first-order valence-electron chi connectivity index (χ1n) is 5.66. The van der Waals surface area contributed by atoms with Crippen LogP contribution in [-0.2, 0) is 0 Å². The Labute approximate surface area is 85.5 Å². The smallest absolute Gasteiger partial charge is 0.208 e. The Morgan fingerprint density at radius 3 is 2.57 bits per heavy atom. The van der Waals surface area contributed by atoms with Gasteiger partial charge in [-0.1, -0.05) is 6.92 Å². The molecule has 4 nitrogen and oxygen atoms in total. The average molecular weight is 196 g/mol. The van der Waals surface area contributed by atoms with Crippen molar-refractivity contribution < 1.29 is 0 Å². The largest absolute Gasteiger partial charge is 0.339 e. The van der Waals surface area contributed by atoms with Crippen LogP contribution in [0, 0.1) is 0 Å². The maximum atomic E-state index is 5.52. The Balaban J connectivity index is 1.97. The molecule has 0 amide bonds. The predicted octanol–water partition coefficient (Wildman–Crippen LogP) is 0.842. The van der Waals surface area contributed by atoms with Gasteiger partial charge in [-0.15, -0.1) is 0 Å². The molecule has 0 bridgehead atoms. The summed E-state index contributed by atoms with van der Waals surface area (Å²) in [6, 6.07) is 1.24. The van der Waals surface area contributed by atoms with E-state index in [1.165, 1.54) is 25.7 Å². The van der Waals surface area contributed by atoms with E-state index in [4.69, 9.17) is 5.84 Å². The lowest BCUT2D eigenvalue weighted by Crippen LogP contribution is -2.46. The lowest BCUT2D eigenvalue weighted by Gasteiger charge is -2.24. The summed E-state index contributed by atoms with van der Waals surface area (Å²) in [5.74, 6) is 6.44. The second kappa shape index (κ2) is 4.17. The van der Waals surface area contributed by atoms with Crippen molar-refractivity contribution in [1.29, 1.82) is 0 Å². The minimum atomic E-state index is 0.541. The summed E-state index contributed by atoms with van der Waals surface area (Å²) < 4.78 is 0. The van der Waals surface area contributed by atoms with Crippen LogP contribution in [0.3, 0.4) is 0 Å². The molecule has 0 atom stereocenters. The third-order valence-electron chi connectivity index (χ3n) is 2.71. The molecule has 0 aromatic carbocycles. The lowest BCUT2D eigenvalue weighted by atomic mass is 10.4. The first-order valence-corrected chi connectivity index (χ1v) is 5.66. The highest BCUT2D eigenvalue weighted by molar-refractivity contribution is 5.80. The number of nitrogens with two attached hydrogens (primary N) is 1. The topological polar surface area (TPSA) is 53.6 Å². The van der Waals surface area contributed by atoms with E-state index in [9.17, 15) is 0 Å². The number of aliphatic imine (C=N–C) groups is 1. The molecule has 0 unspecified atom stereocenters. The summed E-state index contributed by atoms with van der Waals surface area (Å²) in [5, 5.41) is 0. The van der Waals surface area contributed by atoms with Gasteiger partial charge in [0.1, 0.15) is 0 Å². The number of hydrogen-bond acceptors (Lipinski definition) is 2. The normalized spacial score (nSPS) is 22.3. The van der Waals surface area contributed by atoms with Gasteiger partial charge >= 0.3 is 0 Å². The molecule has 2 aliphatic rings. The van der Waals surface area contributed by atoms with Crippen LogP contribution in [0.1, 0.15) is 39.0 Å². The summed E-state index contributed by atoms with van der Waals surface area (Å²) in [6.07, 6.45) is 6.21. The van der Waals surface area contributed by atoms with Crippen LogP contribution < -0.4 is 11.3 Å². The van der Waals surface area contributed by atoms with E-state index in [1.807, 2.05) is 0 Å². The third-order valence-corrected chi connectivity index (χ3v) is 2.71. The molecule has 0 aromatic heterocycles. The van der Waals surface area contributed by atoms with Gasteiger partial charge in [-0.05, 0) is 32.1 Å². The zero-order chi connectivity index (χ0) is 9.97. The Bertz CT molecular complexity index is 218. The summed E-state index contributed by atoms with van der Waals surface area (Å²) in [6.45, 7) is 3.26. The van der Waals surface area contributed by atoms with E-state index in [0.29, 0.717) is 12.1 Å². The standard InChI is InChI=1S/C10H20N4/c1-2-7-14(9-5-6-9)10(13-11)12-8-3-4-8/h8-9H,2-7,11H2,1H3,(H,12,13). The van der Waals surface area contributed by atoms with Crippen LogP contribution in [0.15, 0.2) is 4.99 Å². The number of nitrogens with one attached hydrogen (secondary N) is 1. The van der Waals surface area contributed by atoms with Crippen molar-refractivity contribution in [1.82, 2.24) is 10.3 Å². The summed E-state index contributed by atoms with van der Waals surface area (Å²) in [4.78, 5) is 6.92. The van der Waals surface area contributed by atoms with Crippen molar-refractivity contribution in [3.63, 3.8) is 0 Å². The van der Waals surface area contributed by atoms with Crippen LogP contribution in [0.2, 0.25) is 0 Å². The van der Waals surface area contributed by atoms with Gasteiger partial charge in [0.2, 0.25) is 5.96 Å². The van der Waals surface area contributed by atoms with Crippen LogP contribution in [-0.4, -0.2) is 29.5 Å². The van der Waals surface area contributed by atoms with Gasteiger partial charge < -0.3 is 4.90 Å². The van der Waals surface area contributed by atoms with Gasteiger partial charge in [0, 0.05) is 12.6 Å². The van der Waals surface area contributed by atoms with Gasteiger partial charge in [-0.2, -0.15) is 0 Å². The molecular weight excluding hydrogens is 176 g/mol. The summed E-state index contributed by atoms with van der Waals surface area (Å²) in [5.41, 5.74) is 2.76. The lowest BCUT2D eigenvalue weighted by molar-refractivity contribution is 0.392. The molecule has 2 fully saturated rings. The molecule has 0 heterocycles. The number of hydrazine groups is 1. The van der Waals surface area contributed by atoms with E-state index in [-0.39, 0.29) is 0 Å². The molecule has 0 spiro atoms. The first-order chi connectivity index (χ1) is 6.85. The van der Waals surface area contributed by atoms with E-state index in [1.54, 1.807) is 0 Å². The molecule has 4 heteroatoms. The fourth-order valence-corrected chi connectivity index (χ4v) is 1.66. The van der Waals surface area contributed by atoms with Gasteiger partial charge in [0.05, 0.1) is 6.04 Å². The van der Waals surface area contributed by atoms with Crippen molar-refractivity contribution >= 4 is 5.96 Å². The maximum absolute atomic E-state index is 5.52. The van der Waals surface area contributed by atoms with Crippen molar-refractivity contribution in [2.75, 3.05) is 6.54 Å². The third kappa shape index (κ3) is 2.38.